The van der Waals surface area contributed by atoms with E-state index in [0.717, 1.165) is 21.1 Å². The van der Waals surface area contributed by atoms with Crippen molar-refractivity contribution in [2.75, 3.05) is 19.4 Å². The second kappa shape index (κ2) is 7.90. The molecule has 0 spiro atoms. The highest BCUT2D eigenvalue weighted by Gasteiger charge is 2.22. The number of hydrogen-bond acceptors (Lipinski definition) is 3. The Morgan fingerprint density at radius 1 is 1.15 bits per heavy atom. The predicted octanol–water partition coefficient (Wildman–Crippen LogP) is 4.38. The second-order valence-corrected chi connectivity index (χ2v) is 9.56. The molecule has 0 bridgehead atoms. The Morgan fingerprint density at radius 3 is 2.38 bits per heavy atom. The molecule has 140 valence electrons. The number of anilines is 1. The molecule has 0 aliphatic carbocycles. The van der Waals surface area contributed by atoms with Crippen LogP contribution in [0.25, 0.3) is 0 Å². The molecule has 0 aliphatic heterocycles. The fourth-order valence-corrected chi connectivity index (χ4v) is 4.41. The fraction of sp³-hybridized carbons (Fsp3) is 0.316. The quantitative estimate of drug-likeness (QED) is 0.752. The van der Waals surface area contributed by atoms with Crippen LogP contribution in [0, 0.1) is 6.92 Å². The number of hydrogen-bond donors (Lipinski definition) is 1. The lowest BCUT2D eigenvalue weighted by atomic mass is 9.98. The first-order valence-corrected chi connectivity index (χ1v) is 10.4. The van der Waals surface area contributed by atoms with E-state index in [4.69, 9.17) is 0 Å². The number of para-hydroxylation sites is 1. The number of aryl methyl sites for hydroxylation is 1. The molecule has 0 unspecified atom stereocenters. The largest absolute Gasteiger partial charge is 0.321 e. The average molecular weight is 439 g/mol. The monoisotopic (exact) mass is 438 g/mol. The van der Waals surface area contributed by atoms with Crippen LogP contribution >= 0.6 is 15.9 Å². The third kappa shape index (κ3) is 4.16. The highest BCUT2D eigenvalue weighted by Crippen LogP contribution is 2.29. The molecule has 0 saturated carbocycles. The summed E-state index contributed by atoms with van der Waals surface area (Å²) >= 11 is 3.26. The first-order valence-electron chi connectivity index (χ1n) is 8.18. The summed E-state index contributed by atoms with van der Waals surface area (Å²) in [4.78, 5) is 12.8. The Labute approximate surface area is 163 Å². The summed E-state index contributed by atoms with van der Waals surface area (Å²) in [5, 5.41) is 2.94. The molecule has 2 aromatic carbocycles. The maximum Gasteiger partial charge on any atom is 0.255 e. The zero-order valence-electron chi connectivity index (χ0n) is 15.5. The highest BCUT2D eigenvalue weighted by molar-refractivity contribution is 9.10. The van der Waals surface area contributed by atoms with Gasteiger partial charge in [-0.15, -0.1) is 0 Å². The van der Waals surface area contributed by atoms with Crippen LogP contribution in [0.15, 0.2) is 45.8 Å². The number of nitrogens with zero attached hydrogens (tertiary/aromatic N) is 1. The van der Waals surface area contributed by atoms with Gasteiger partial charge in [-0.1, -0.05) is 32.0 Å². The first-order chi connectivity index (χ1) is 12.1. The van der Waals surface area contributed by atoms with E-state index in [1.807, 2.05) is 25.1 Å². The van der Waals surface area contributed by atoms with E-state index >= 15 is 0 Å². The van der Waals surface area contributed by atoms with Gasteiger partial charge in [0, 0.05) is 29.8 Å². The maximum atomic E-state index is 12.8. The van der Waals surface area contributed by atoms with Crippen molar-refractivity contribution in [3.63, 3.8) is 0 Å². The molecule has 0 radical (unpaired) electrons. The molecule has 0 aromatic heterocycles. The van der Waals surface area contributed by atoms with Gasteiger partial charge in [0.05, 0.1) is 4.90 Å². The van der Waals surface area contributed by atoms with Crippen LogP contribution in [0.1, 0.15) is 41.3 Å². The van der Waals surface area contributed by atoms with Crippen molar-refractivity contribution in [2.24, 2.45) is 0 Å². The van der Waals surface area contributed by atoms with Gasteiger partial charge in [-0.3, -0.25) is 4.79 Å². The summed E-state index contributed by atoms with van der Waals surface area (Å²) in [5.74, 6) is -0.0938. The van der Waals surface area contributed by atoms with Crippen molar-refractivity contribution in [3.8, 4) is 0 Å². The molecule has 2 aromatic rings. The maximum absolute atomic E-state index is 12.8. The smallest absolute Gasteiger partial charge is 0.255 e. The van der Waals surface area contributed by atoms with Gasteiger partial charge in [-0.05, 0) is 58.1 Å². The standard InChI is InChI=1S/C19H23BrN2O3S/c1-12(2)15-8-6-7-13(3)18(15)21-19(23)14-9-10-16(20)17(11-14)26(24,25)22(4)5/h6-12H,1-5H3,(H,21,23). The fourth-order valence-electron chi connectivity index (χ4n) is 2.57. The average Bonchev–Trinajstić information content (AvgIpc) is 2.56. The topological polar surface area (TPSA) is 66.5 Å². The SMILES string of the molecule is Cc1cccc(C(C)C)c1NC(=O)c1ccc(Br)c(S(=O)(=O)N(C)C)c1. The van der Waals surface area contributed by atoms with Crippen LogP contribution in [0.4, 0.5) is 5.69 Å². The number of carbonyl (C=O) groups excluding carboxylic acids is 1. The molecule has 26 heavy (non-hydrogen) atoms. The molecule has 0 saturated heterocycles. The van der Waals surface area contributed by atoms with Crippen molar-refractivity contribution < 1.29 is 13.2 Å². The van der Waals surface area contributed by atoms with E-state index < -0.39 is 10.0 Å². The Morgan fingerprint density at radius 2 is 1.81 bits per heavy atom. The molecule has 0 heterocycles. The lowest BCUT2D eigenvalue weighted by molar-refractivity contribution is 0.102. The van der Waals surface area contributed by atoms with Gasteiger partial charge in [0.25, 0.3) is 5.91 Å². The number of sulfonamides is 1. The predicted molar refractivity (Wildman–Crippen MR) is 108 cm³/mol. The summed E-state index contributed by atoms with van der Waals surface area (Å²) in [6, 6.07) is 10.4. The van der Waals surface area contributed by atoms with Gasteiger partial charge in [0.15, 0.2) is 0 Å². The van der Waals surface area contributed by atoms with E-state index in [2.05, 4.69) is 35.1 Å². The minimum absolute atomic E-state index is 0.0593. The van der Waals surface area contributed by atoms with Crippen LogP contribution < -0.4 is 5.32 Å². The van der Waals surface area contributed by atoms with Crippen LogP contribution in [-0.4, -0.2) is 32.7 Å². The van der Waals surface area contributed by atoms with E-state index in [9.17, 15) is 13.2 Å². The summed E-state index contributed by atoms with van der Waals surface area (Å²) in [5.41, 5.74) is 3.05. The van der Waals surface area contributed by atoms with Crippen molar-refractivity contribution in [2.45, 2.75) is 31.6 Å². The van der Waals surface area contributed by atoms with Crippen molar-refractivity contribution >= 4 is 37.5 Å². The number of rotatable bonds is 5. The van der Waals surface area contributed by atoms with Crippen LogP contribution in [0.2, 0.25) is 0 Å². The van der Waals surface area contributed by atoms with Crippen LogP contribution in [0.3, 0.4) is 0 Å². The van der Waals surface area contributed by atoms with Crippen molar-refractivity contribution in [1.82, 2.24) is 4.31 Å². The van der Waals surface area contributed by atoms with Crippen LogP contribution in [-0.2, 0) is 10.0 Å². The molecule has 7 heteroatoms. The van der Waals surface area contributed by atoms with E-state index in [0.29, 0.717) is 4.47 Å². The Bertz CT molecular complexity index is 938. The Hall–Kier alpha value is -1.70. The number of benzene rings is 2. The third-order valence-corrected chi connectivity index (χ3v) is 6.93. The number of nitrogens with one attached hydrogen (secondary N) is 1. The third-order valence-electron chi connectivity index (χ3n) is 4.12. The Balaban J connectivity index is 2.45. The number of carbonyl (C=O) groups is 1. The molecule has 0 atom stereocenters. The van der Waals surface area contributed by atoms with Gasteiger partial charge in [0.1, 0.15) is 0 Å². The molecule has 1 N–H and O–H groups in total. The van der Waals surface area contributed by atoms with Gasteiger partial charge < -0.3 is 5.32 Å². The van der Waals surface area contributed by atoms with Gasteiger partial charge in [-0.2, -0.15) is 0 Å². The molecular weight excluding hydrogens is 416 g/mol. The van der Waals surface area contributed by atoms with Crippen molar-refractivity contribution in [1.29, 1.82) is 0 Å². The second-order valence-electron chi connectivity index (χ2n) is 6.58. The summed E-state index contributed by atoms with van der Waals surface area (Å²) in [7, 11) is -0.750. The molecule has 5 nitrogen and oxygen atoms in total. The van der Waals surface area contributed by atoms with Gasteiger partial charge in [0.2, 0.25) is 10.0 Å². The minimum atomic E-state index is -3.66. The summed E-state index contributed by atoms with van der Waals surface area (Å²) < 4.78 is 26.4. The zero-order chi connectivity index (χ0) is 19.6. The Kier molecular flexibility index (Phi) is 6.26. The lowest BCUT2D eigenvalue weighted by Crippen LogP contribution is -2.23. The van der Waals surface area contributed by atoms with Crippen LogP contribution in [0.5, 0.6) is 0 Å². The normalized spacial score (nSPS) is 11.8. The summed E-state index contributed by atoms with van der Waals surface area (Å²) in [6.45, 7) is 6.06. The minimum Gasteiger partial charge on any atom is -0.321 e. The van der Waals surface area contributed by atoms with E-state index in [-0.39, 0.29) is 22.3 Å². The van der Waals surface area contributed by atoms with E-state index in [1.54, 1.807) is 12.1 Å². The van der Waals surface area contributed by atoms with Gasteiger partial charge >= 0.3 is 0 Å². The zero-order valence-corrected chi connectivity index (χ0v) is 17.9. The lowest BCUT2D eigenvalue weighted by Gasteiger charge is -2.17. The van der Waals surface area contributed by atoms with Crippen molar-refractivity contribution in [3.05, 3.63) is 57.6 Å². The highest BCUT2D eigenvalue weighted by atomic mass is 79.9. The molecule has 0 aliphatic rings. The number of amides is 1. The summed E-state index contributed by atoms with van der Waals surface area (Å²) in [6.07, 6.45) is 0. The number of halogens is 1. The molecule has 1 amide bonds. The molecular formula is C19H23BrN2O3S. The molecule has 2 rings (SSSR count). The van der Waals surface area contributed by atoms with Gasteiger partial charge in [-0.25, -0.2) is 12.7 Å². The first kappa shape index (κ1) is 20.6. The van der Waals surface area contributed by atoms with E-state index in [1.165, 1.54) is 20.2 Å². The molecule has 0 fully saturated rings.